The van der Waals surface area contributed by atoms with Gasteiger partial charge in [0.15, 0.2) is 0 Å². The minimum absolute atomic E-state index is 0.657. The molecule has 0 spiro atoms. The number of carbonyl (C=O) groups is 2. The third kappa shape index (κ3) is 8.19. The van der Waals surface area contributed by atoms with Crippen LogP contribution in [0.3, 0.4) is 0 Å². The largest absolute Gasteiger partial charge is 0.481 e. The Labute approximate surface area is 94.5 Å². The lowest BCUT2D eigenvalue weighted by Gasteiger charge is -2.06. The first-order valence-corrected chi connectivity index (χ1v) is 4.93. The van der Waals surface area contributed by atoms with Crippen molar-refractivity contribution in [1.82, 2.24) is 0 Å². The molecule has 6 heteroatoms. The summed E-state index contributed by atoms with van der Waals surface area (Å²) in [4.78, 5) is 20.0. The summed E-state index contributed by atoms with van der Waals surface area (Å²) in [5, 5.41) is 33.6. The van der Waals surface area contributed by atoms with Crippen LogP contribution in [0.1, 0.15) is 27.7 Å². The van der Waals surface area contributed by atoms with Crippen molar-refractivity contribution in [1.29, 1.82) is 0 Å². The lowest BCUT2D eigenvalue weighted by Crippen LogP contribution is -2.21. The molecule has 0 rings (SSSR count). The van der Waals surface area contributed by atoms with E-state index in [4.69, 9.17) is 20.4 Å². The minimum Gasteiger partial charge on any atom is -0.481 e. The maximum atomic E-state index is 9.98. The topological polar surface area (TPSA) is 115 Å². The molecule has 16 heavy (non-hydrogen) atoms. The smallest absolute Gasteiger partial charge is 0.308 e. The number of hydrogen-bond acceptors (Lipinski definition) is 4. The molecule has 0 amide bonds. The molecular formula is C10H20O6. The Morgan fingerprint density at radius 3 is 0.938 bits per heavy atom. The number of hydrogen-bond donors (Lipinski definition) is 4. The molecule has 0 radical (unpaired) electrons. The van der Waals surface area contributed by atoms with Gasteiger partial charge in [-0.15, -0.1) is 0 Å². The fourth-order valence-corrected chi connectivity index (χ4v) is 0.413. The zero-order valence-corrected chi connectivity index (χ0v) is 9.91. The highest BCUT2D eigenvalue weighted by molar-refractivity contribution is 5.70. The molecule has 4 unspecified atom stereocenters. The SMILES string of the molecule is CC(O)C(C)C(=O)O.CC(O)C(C)C(=O)O. The van der Waals surface area contributed by atoms with Gasteiger partial charge in [-0.2, -0.15) is 0 Å². The second kappa shape index (κ2) is 8.06. The van der Waals surface area contributed by atoms with Crippen LogP contribution in [0.5, 0.6) is 0 Å². The van der Waals surface area contributed by atoms with Crippen molar-refractivity contribution in [3.63, 3.8) is 0 Å². The normalized spacial score (nSPS) is 17.4. The maximum absolute atomic E-state index is 9.98. The summed E-state index contributed by atoms with van der Waals surface area (Å²) in [5.41, 5.74) is 0. The van der Waals surface area contributed by atoms with Crippen LogP contribution in [0.2, 0.25) is 0 Å². The fourth-order valence-electron chi connectivity index (χ4n) is 0.413. The van der Waals surface area contributed by atoms with Crippen LogP contribution >= 0.6 is 0 Å². The Hall–Kier alpha value is -1.14. The van der Waals surface area contributed by atoms with Gasteiger partial charge >= 0.3 is 11.9 Å². The van der Waals surface area contributed by atoms with Gasteiger partial charge in [0.2, 0.25) is 0 Å². The summed E-state index contributed by atoms with van der Waals surface area (Å²) in [6.07, 6.45) is -1.51. The van der Waals surface area contributed by atoms with E-state index in [0.717, 1.165) is 0 Å². The van der Waals surface area contributed by atoms with Crippen molar-refractivity contribution in [3.05, 3.63) is 0 Å². The van der Waals surface area contributed by atoms with Crippen LogP contribution in [-0.4, -0.2) is 44.6 Å². The van der Waals surface area contributed by atoms with Gasteiger partial charge in [0, 0.05) is 0 Å². The monoisotopic (exact) mass is 236 g/mol. The molecular weight excluding hydrogens is 216 g/mol. The zero-order chi connectivity index (χ0) is 13.5. The van der Waals surface area contributed by atoms with Gasteiger partial charge in [0.25, 0.3) is 0 Å². The Bertz CT molecular complexity index is 199. The third-order valence-corrected chi connectivity index (χ3v) is 2.23. The van der Waals surface area contributed by atoms with E-state index < -0.39 is 36.0 Å². The summed E-state index contributed by atoms with van der Waals surface area (Å²) in [6.45, 7) is 5.84. The van der Waals surface area contributed by atoms with Crippen LogP contribution in [-0.2, 0) is 9.59 Å². The first kappa shape index (κ1) is 17.3. The molecule has 0 saturated carbocycles. The average Bonchev–Trinajstić information content (AvgIpc) is 2.15. The highest BCUT2D eigenvalue weighted by Gasteiger charge is 2.16. The quantitative estimate of drug-likeness (QED) is 0.553. The van der Waals surface area contributed by atoms with Crippen molar-refractivity contribution in [2.75, 3.05) is 0 Å². The molecule has 0 aromatic heterocycles. The summed E-state index contributed by atoms with van der Waals surface area (Å²) in [7, 11) is 0. The van der Waals surface area contributed by atoms with Gasteiger partial charge in [0.05, 0.1) is 24.0 Å². The maximum Gasteiger partial charge on any atom is 0.308 e. The van der Waals surface area contributed by atoms with E-state index in [9.17, 15) is 9.59 Å². The third-order valence-electron chi connectivity index (χ3n) is 2.23. The van der Waals surface area contributed by atoms with E-state index >= 15 is 0 Å². The van der Waals surface area contributed by atoms with Gasteiger partial charge < -0.3 is 20.4 Å². The number of aliphatic carboxylic acids is 2. The lowest BCUT2D eigenvalue weighted by atomic mass is 10.1. The Morgan fingerprint density at radius 1 is 0.750 bits per heavy atom. The molecule has 0 aliphatic carbocycles. The fraction of sp³-hybridized carbons (Fsp3) is 0.800. The van der Waals surface area contributed by atoms with Crippen LogP contribution in [0.25, 0.3) is 0 Å². The van der Waals surface area contributed by atoms with E-state index in [1.807, 2.05) is 0 Å². The highest BCUT2D eigenvalue weighted by atomic mass is 16.4. The molecule has 0 saturated heterocycles. The molecule has 0 aromatic rings. The molecule has 0 heterocycles. The van der Waals surface area contributed by atoms with Crippen molar-refractivity contribution in [2.45, 2.75) is 39.9 Å². The molecule has 0 bridgehead atoms. The first-order chi connectivity index (χ1) is 7.11. The van der Waals surface area contributed by atoms with E-state index in [-0.39, 0.29) is 0 Å². The molecule has 4 N–H and O–H groups in total. The van der Waals surface area contributed by atoms with Crippen molar-refractivity contribution < 1.29 is 30.0 Å². The Kier molecular flexibility index (Phi) is 8.70. The highest BCUT2D eigenvalue weighted by Crippen LogP contribution is 2.00. The van der Waals surface area contributed by atoms with E-state index in [1.54, 1.807) is 0 Å². The van der Waals surface area contributed by atoms with Gasteiger partial charge in [-0.25, -0.2) is 0 Å². The van der Waals surface area contributed by atoms with Crippen molar-refractivity contribution in [2.24, 2.45) is 11.8 Å². The van der Waals surface area contributed by atoms with E-state index in [1.165, 1.54) is 27.7 Å². The summed E-state index contributed by atoms with van der Waals surface area (Å²) < 4.78 is 0. The van der Waals surface area contributed by atoms with Crippen LogP contribution in [0.15, 0.2) is 0 Å². The van der Waals surface area contributed by atoms with E-state index in [0.29, 0.717) is 0 Å². The number of aliphatic hydroxyl groups excluding tert-OH is 2. The molecule has 96 valence electrons. The molecule has 4 atom stereocenters. The van der Waals surface area contributed by atoms with Crippen LogP contribution in [0, 0.1) is 11.8 Å². The van der Waals surface area contributed by atoms with Crippen molar-refractivity contribution >= 4 is 11.9 Å². The Morgan fingerprint density at radius 2 is 0.938 bits per heavy atom. The van der Waals surface area contributed by atoms with Crippen LogP contribution in [0.4, 0.5) is 0 Å². The standard InChI is InChI=1S/2C5H10O3/c2*1-3(4(2)6)5(7)8/h2*3-4,6H,1-2H3,(H,7,8). The first-order valence-electron chi connectivity index (χ1n) is 4.93. The number of carboxylic acid groups (broad SMARTS) is 2. The average molecular weight is 236 g/mol. The molecule has 0 aliphatic rings. The number of carboxylic acids is 2. The molecule has 0 fully saturated rings. The molecule has 0 aliphatic heterocycles. The molecule has 0 aromatic carbocycles. The van der Waals surface area contributed by atoms with Gasteiger partial charge in [-0.3, -0.25) is 9.59 Å². The minimum atomic E-state index is -0.958. The summed E-state index contributed by atoms with van der Waals surface area (Å²) in [6, 6.07) is 0. The predicted octanol–water partition coefficient (Wildman–Crippen LogP) is 0.176. The lowest BCUT2D eigenvalue weighted by molar-refractivity contribution is -0.145. The Balaban J connectivity index is 0. The second-order valence-electron chi connectivity index (χ2n) is 3.74. The van der Waals surface area contributed by atoms with E-state index in [2.05, 4.69) is 0 Å². The van der Waals surface area contributed by atoms with Gasteiger partial charge in [-0.05, 0) is 27.7 Å². The van der Waals surface area contributed by atoms with Crippen molar-refractivity contribution in [3.8, 4) is 0 Å². The number of aliphatic hydroxyl groups is 2. The zero-order valence-electron chi connectivity index (χ0n) is 9.91. The second-order valence-corrected chi connectivity index (χ2v) is 3.74. The summed E-state index contributed by atoms with van der Waals surface area (Å²) in [5.74, 6) is -3.23. The number of rotatable bonds is 4. The summed E-state index contributed by atoms with van der Waals surface area (Å²) >= 11 is 0. The predicted molar refractivity (Wildman–Crippen MR) is 57.0 cm³/mol. The van der Waals surface area contributed by atoms with Gasteiger partial charge in [0.1, 0.15) is 0 Å². The van der Waals surface area contributed by atoms with Gasteiger partial charge in [-0.1, -0.05) is 0 Å². The van der Waals surface area contributed by atoms with Crippen LogP contribution < -0.4 is 0 Å². The molecule has 6 nitrogen and oxygen atoms in total.